The molecule has 16 heavy (non-hydrogen) atoms. The molecular weight excluding hydrogens is 216 g/mol. The lowest BCUT2D eigenvalue weighted by atomic mass is 10.2. The largest absolute Gasteiger partial charge is 0.374 e. The zero-order valence-electron chi connectivity index (χ0n) is 10.7. The molecule has 6 heteroatoms. The van der Waals surface area contributed by atoms with Gasteiger partial charge in [-0.3, -0.25) is 4.89 Å². The van der Waals surface area contributed by atoms with Gasteiger partial charge >= 0.3 is 5.97 Å². The zero-order chi connectivity index (χ0) is 12.8. The average Bonchev–Trinajstić information content (AvgIpc) is 1.98. The normalized spacial score (nSPS) is 12.6. The first-order valence-corrected chi connectivity index (χ1v) is 4.96. The van der Waals surface area contributed by atoms with E-state index >= 15 is 0 Å². The van der Waals surface area contributed by atoms with Gasteiger partial charge in [0, 0.05) is 0 Å². The summed E-state index contributed by atoms with van der Waals surface area (Å²) in [4.78, 5) is 29.4. The van der Waals surface area contributed by atoms with Crippen LogP contribution in [0.3, 0.4) is 0 Å². The molecule has 0 aromatic heterocycles. The van der Waals surface area contributed by atoms with Crippen LogP contribution in [0.5, 0.6) is 0 Å². The Hall–Kier alpha value is -0.690. The number of carbonyl (C=O) groups excluding carboxylic acids is 1. The van der Waals surface area contributed by atoms with Crippen molar-refractivity contribution in [2.24, 2.45) is 0 Å². The van der Waals surface area contributed by atoms with Gasteiger partial charge in [0.25, 0.3) is 0 Å². The van der Waals surface area contributed by atoms with E-state index in [9.17, 15) is 4.79 Å². The Morgan fingerprint density at radius 1 is 0.938 bits per heavy atom. The van der Waals surface area contributed by atoms with Gasteiger partial charge < -0.3 is 0 Å². The van der Waals surface area contributed by atoms with Crippen LogP contribution in [0.25, 0.3) is 0 Å². The van der Waals surface area contributed by atoms with Crippen LogP contribution in [-0.2, 0) is 29.4 Å². The van der Waals surface area contributed by atoms with Gasteiger partial charge in [-0.1, -0.05) is 0 Å². The molecule has 0 aliphatic heterocycles. The molecule has 0 rings (SSSR count). The third-order valence-electron chi connectivity index (χ3n) is 0.897. The van der Waals surface area contributed by atoms with Gasteiger partial charge in [-0.2, -0.15) is 4.89 Å². The van der Waals surface area contributed by atoms with Gasteiger partial charge in [-0.05, 0) is 46.6 Å². The quantitative estimate of drug-likeness (QED) is 0.537. The molecule has 0 atom stereocenters. The predicted molar refractivity (Wildman–Crippen MR) is 54.8 cm³/mol. The van der Waals surface area contributed by atoms with Gasteiger partial charge in [0.2, 0.25) is 0 Å². The molecule has 0 heterocycles. The Labute approximate surface area is 95.5 Å². The molecule has 0 spiro atoms. The Bertz CT molecular complexity index is 190. The van der Waals surface area contributed by atoms with Gasteiger partial charge in [-0.25, -0.2) is 14.6 Å². The Balaban J connectivity index is 3.53. The average molecular weight is 236 g/mol. The Kier molecular flexibility index (Phi) is 5.88. The first kappa shape index (κ1) is 15.3. The van der Waals surface area contributed by atoms with E-state index in [-0.39, 0.29) is 6.61 Å². The SMILES string of the molecule is CC(C)(C)OOCC(=O)OOOC(C)(C)C. The molecule has 0 N–H and O–H groups in total. The van der Waals surface area contributed by atoms with E-state index in [0.717, 1.165) is 0 Å². The fourth-order valence-corrected chi connectivity index (χ4v) is 0.435. The lowest BCUT2D eigenvalue weighted by Gasteiger charge is -2.17. The Morgan fingerprint density at radius 2 is 1.44 bits per heavy atom. The smallest absolute Gasteiger partial charge is 0.266 e. The number of carbonyl (C=O) groups is 1. The maximum atomic E-state index is 11.0. The summed E-state index contributed by atoms with van der Waals surface area (Å²) in [5.74, 6) is -0.742. The summed E-state index contributed by atoms with van der Waals surface area (Å²) in [5, 5.41) is 4.26. The highest BCUT2D eigenvalue weighted by atomic mass is 17.5. The molecule has 0 aliphatic rings. The lowest BCUT2D eigenvalue weighted by molar-refractivity contribution is -0.516. The van der Waals surface area contributed by atoms with Crippen molar-refractivity contribution in [3.05, 3.63) is 0 Å². The lowest BCUT2D eigenvalue weighted by Crippen LogP contribution is -2.24. The second-order valence-corrected chi connectivity index (χ2v) is 5.18. The highest BCUT2D eigenvalue weighted by molar-refractivity contribution is 5.69. The molecule has 0 saturated heterocycles. The van der Waals surface area contributed by atoms with Crippen molar-refractivity contribution < 1.29 is 29.4 Å². The van der Waals surface area contributed by atoms with Crippen LogP contribution in [0.1, 0.15) is 41.5 Å². The maximum absolute atomic E-state index is 11.0. The van der Waals surface area contributed by atoms with Crippen LogP contribution >= 0.6 is 0 Å². The third kappa shape index (κ3) is 11.4. The number of hydrogen-bond donors (Lipinski definition) is 0. The third-order valence-corrected chi connectivity index (χ3v) is 0.897. The molecular formula is C10H20O6. The van der Waals surface area contributed by atoms with Gasteiger partial charge in [0.15, 0.2) is 6.61 Å². The van der Waals surface area contributed by atoms with Crippen LogP contribution in [0, 0.1) is 0 Å². The van der Waals surface area contributed by atoms with Crippen LogP contribution < -0.4 is 0 Å². The number of hydrogen-bond acceptors (Lipinski definition) is 6. The zero-order valence-corrected chi connectivity index (χ0v) is 10.7. The maximum Gasteiger partial charge on any atom is 0.374 e. The van der Waals surface area contributed by atoms with Crippen molar-refractivity contribution in [3.8, 4) is 0 Å². The monoisotopic (exact) mass is 236 g/mol. The summed E-state index contributed by atoms with van der Waals surface area (Å²) in [6.07, 6.45) is 0. The van der Waals surface area contributed by atoms with Crippen LogP contribution in [0.15, 0.2) is 0 Å². The second kappa shape index (κ2) is 6.15. The van der Waals surface area contributed by atoms with E-state index < -0.39 is 17.2 Å². The minimum Gasteiger partial charge on any atom is -0.266 e. The van der Waals surface area contributed by atoms with Gasteiger partial charge in [-0.15, -0.1) is 0 Å². The summed E-state index contributed by atoms with van der Waals surface area (Å²) in [5.41, 5.74) is -1.04. The molecule has 0 aromatic carbocycles. The van der Waals surface area contributed by atoms with E-state index in [0.29, 0.717) is 0 Å². The van der Waals surface area contributed by atoms with E-state index in [1.807, 2.05) is 0 Å². The van der Waals surface area contributed by atoms with Crippen molar-refractivity contribution in [2.75, 3.05) is 6.61 Å². The molecule has 0 aliphatic carbocycles. The first-order chi connectivity index (χ1) is 7.10. The Morgan fingerprint density at radius 3 is 1.88 bits per heavy atom. The molecule has 0 unspecified atom stereocenters. The van der Waals surface area contributed by atoms with Crippen LogP contribution in [0.4, 0.5) is 0 Å². The molecule has 0 aromatic rings. The van der Waals surface area contributed by atoms with Gasteiger partial charge in [0.05, 0.1) is 11.2 Å². The topological polar surface area (TPSA) is 63.2 Å². The summed E-state index contributed by atoms with van der Waals surface area (Å²) in [6, 6.07) is 0. The summed E-state index contributed by atoms with van der Waals surface area (Å²) >= 11 is 0. The van der Waals surface area contributed by atoms with E-state index in [1.165, 1.54) is 0 Å². The fourth-order valence-electron chi connectivity index (χ4n) is 0.435. The predicted octanol–water partition coefficient (Wildman–Crippen LogP) is 1.94. The molecule has 6 nitrogen and oxygen atoms in total. The molecule has 0 saturated carbocycles. The first-order valence-electron chi connectivity index (χ1n) is 4.96. The summed E-state index contributed by atoms with van der Waals surface area (Å²) < 4.78 is 0. The molecule has 0 fully saturated rings. The van der Waals surface area contributed by atoms with Crippen molar-refractivity contribution in [1.29, 1.82) is 0 Å². The van der Waals surface area contributed by atoms with E-state index in [2.05, 4.69) is 14.8 Å². The highest BCUT2D eigenvalue weighted by Gasteiger charge is 2.16. The van der Waals surface area contributed by atoms with Crippen molar-refractivity contribution >= 4 is 5.97 Å². The molecule has 96 valence electrons. The van der Waals surface area contributed by atoms with Crippen molar-refractivity contribution in [3.63, 3.8) is 0 Å². The van der Waals surface area contributed by atoms with E-state index in [4.69, 9.17) is 9.78 Å². The summed E-state index contributed by atoms with van der Waals surface area (Å²) in [6.45, 7) is 10.2. The van der Waals surface area contributed by atoms with Crippen molar-refractivity contribution in [2.45, 2.75) is 52.7 Å². The highest BCUT2D eigenvalue weighted by Crippen LogP contribution is 2.08. The van der Waals surface area contributed by atoms with E-state index in [1.54, 1.807) is 41.5 Å². The minimum absolute atomic E-state index is 0.370. The number of rotatable bonds is 5. The van der Waals surface area contributed by atoms with Crippen molar-refractivity contribution in [1.82, 2.24) is 0 Å². The molecule has 0 bridgehead atoms. The van der Waals surface area contributed by atoms with Crippen LogP contribution in [0.2, 0.25) is 0 Å². The standard InChI is InChI=1S/C10H20O6/c1-9(2,3)14-12-7-8(11)13-16-15-10(4,5)6/h7H2,1-6H3. The fraction of sp³-hybridized carbons (Fsp3) is 0.900. The van der Waals surface area contributed by atoms with Crippen LogP contribution in [-0.4, -0.2) is 23.8 Å². The van der Waals surface area contributed by atoms with Gasteiger partial charge in [0.1, 0.15) is 0 Å². The second-order valence-electron chi connectivity index (χ2n) is 5.18. The summed E-state index contributed by atoms with van der Waals surface area (Å²) in [7, 11) is 0. The molecule has 0 amide bonds. The molecule has 0 radical (unpaired) electrons. The minimum atomic E-state index is -0.742.